The number of hydrogen-bond acceptors (Lipinski definition) is 3. The summed E-state index contributed by atoms with van der Waals surface area (Å²) in [6.45, 7) is 1.36. The Kier molecular flexibility index (Phi) is 6.26. The van der Waals surface area contributed by atoms with Crippen molar-refractivity contribution in [2.45, 2.75) is 44.6 Å². The maximum atomic E-state index is 12.3. The standard InChI is InChI=1S/C17H24N2O4/c20-14-8-6-13(7-9-14)12-15(16(21)22)18-17(23)19-10-4-2-1-3-5-11-19/h6-9,15,20H,1-5,10-12H2,(H,18,23)(H,21,22)/t15-/m0/s1. The van der Waals surface area contributed by atoms with Gasteiger partial charge in [0, 0.05) is 19.5 Å². The number of carbonyl (C=O) groups excluding carboxylic acids is 1. The molecule has 0 aromatic heterocycles. The number of benzene rings is 1. The molecule has 0 saturated carbocycles. The molecule has 1 aliphatic heterocycles. The maximum absolute atomic E-state index is 12.3. The lowest BCUT2D eigenvalue weighted by Gasteiger charge is -2.26. The highest BCUT2D eigenvalue weighted by molar-refractivity contribution is 5.82. The fraction of sp³-hybridized carbons (Fsp3) is 0.529. The number of hydrogen-bond donors (Lipinski definition) is 3. The van der Waals surface area contributed by atoms with Gasteiger partial charge in [0.25, 0.3) is 0 Å². The Morgan fingerprint density at radius 3 is 2.17 bits per heavy atom. The van der Waals surface area contributed by atoms with Gasteiger partial charge in [-0.25, -0.2) is 9.59 Å². The normalized spacial score (nSPS) is 17.0. The van der Waals surface area contributed by atoms with Gasteiger partial charge in [-0.2, -0.15) is 0 Å². The van der Waals surface area contributed by atoms with Crippen molar-refractivity contribution in [2.75, 3.05) is 13.1 Å². The van der Waals surface area contributed by atoms with Gasteiger partial charge in [-0.1, -0.05) is 31.4 Å². The van der Waals surface area contributed by atoms with Gasteiger partial charge in [-0.3, -0.25) is 0 Å². The van der Waals surface area contributed by atoms with Crippen LogP contribution in [0, 0.1) is 0 Å². The lowest BCUT2D eigenvalue weighted by molar-refractivity contribution is -0.139. The predicted molar refractivity (Wildman–Crippen MR) is 86.4 cm³/mol. The van der Waals surface area contributed by atoms with Crippen LogP contribution < -0.4 is 5.32 Å². The summed E-state index contributed by atoms with van der Waals surface area (Å²) in [6.07, 6.45) is 5.54. The number of carbonyl (C=O) groups is 2. The number of nitrogens with zero attached hydrogens (tertiary/aromatic N) is 1. The molecule has 1 heterocycles. The van der Waals surface area contributed by atoms with Crippen LogP contribution in [0.15, 0.2) is 24.3 Å². The molecule has 2 amide bonds. The van der Waals surface area contributed by atoms with Crippen molar-refractivity contribution in [3.05, 3.63) is 29.8 Å². The van der Waals surface area contributed by atoms with E-state index in [2.05, 4.69) is 5.32 Å². The minimum Gasteiger partial charge on any atom is -0.508 e. The summed E-state index contributed by atoms with van der Waals surface area (Å²) < 4.78 is 0. The average molecular weight is 320 g/mol. The molecule has 1 atom stereocenters. The molecule has 1 fully saturated rings. The van der Waals surface area contributed by atoms with Crippen molar-refractivity contribution in [2.24, 2.45) is 0 Å². The summed E-state index contributed by atoms with van der Waals surface area (Å²) >= 11 is 0. The van der Waals surface area contributed by atoms with E-state index in [-0.39, 0.29) is 18.2 Å². The minimum atomic E-state index is -1.06. The van der Waals surface area contributed by atoms with E-state index in [9.17, 15) is 19.8 Å². The molecule has 1 aliphatic rings. The summed E-state index contributed by atoms with van der Waals surface area (Å²) in [5.74, 6) is -0.927. The van der Waals surface area contributed by atoms with Gasteiger partial charge >= 0.3 is 12.0 Å². The molecule has 3 N–H and O–H groups in total. The molecule has 0 unspecified atom stereocenters. The Hall–Kier alpha value is -2.24. The Labute approximate surface area is 136 Å². The lowest BCUT2D eigenvalue weighted by Crippen LogP contribution is -2.49. The zero-order valence-electron chi connectivity index (χ0n) is 13.2. The molecule has 126 valence electrons. The van der Waals surface area contributed by atoms with E-state index in [4.69, 9.17) is 0 Å². The fourth-order valence-electron chi connectivity index (χ4n) is 2.76. The van der Waals surface area contributed by atoms with E-state index in [1.807, 2.05) is 0 Å². The minimum absolute atomic E-state index is 0.130. The third-order valence-electron chi connectivity index (χ3n) is 4.12. The number of nitrogens with one attached hydrogen (secondary N) is 1. The third kappa shape index (κ3) is 5.47. The summed E-state index contributed by atoms with van der Waals surface area (Å²) in [4.78, 5) is 25.5. The van der Waals surface area contributed by atoms with Crippen LogP contribution in [0.3, 0.4) is 0 Å². The lowest BCUT2D eigenvalue weighted by atomic mass is 10.1. The molecule has 1 aromatic rings. The number of carboxylic acid groups (broad SMARTS) is 1. The van der Waals surface area contributed by atoms with E-state index in [1.165, 1.54) is 18.6 Å². The second kappa shape index (κ2) is 8.41. The van der Waals surface area contributed by atoms with Crippen LogP contribution in [0.4, 0.5) is 4.79 Å². The highest BCUT2D eigenvalue weighted by Crippen LogP contribution is 2.13. The fourth-order valence-corrected chi connectivity index (χ4v) is 2.76. The van der Waals surface area contributed by atoms with Crippen LogP contribution in [0.5, 0.6) is 5.75 Å². The van der Waals surface area contributed by atoms with Crippen LogP contribution in [0.25, 0.3) is 0 Å². The van der Waals surface area contributed by atoms with Gasteiger partial charge in [-0.15, -0.1) is 0 Å². The number of likely N-dealkylation sites (tertiary alicyclic amines) is 1. The molecule has 0 spiro atoms. The number of carboxylic acids is 1. The summed E-state index contributed by atoms with van der Waals surface area (Å²) in [7, 11) is 0. The number of phenolic OH excluding ortho intramolecular Hbond substituents is 1. The third-order valence-corrected chi connectivity index (χ3v) is 4.12. The highest BCUT2D eigenvalue weighted by atomic mass is 16.4. The SMILES string of the molecule is O=C(O)[C@H](Cc1ccc(O)cc1)NC(=O)N1CCCCCCC1. The summed E-state index contributed by atoms with van der Waals surface area (Å²) in [5, 5.41) is 21.2. The monoisotopic (exact) mass is 320 g/mol. The first-order chi connectivity index (χ1) is 11.1. The largest absolute Gasteiger partial charge is 0.508 e. The predicted octanol–water partition coefficient (Wildman–Crippen LogP) is 2.36. The molecule has 0 radical (unpaired) electrons. The Balaban J connectivity index is 1.96. The maximum Gasteiger partial charge on any atom is 0.326 e. The second-order valence-corrected chi connectivity index (χ2v) is 5.97. The van der Waals surface area contributed by atoms with Crippen LogP contribution in [-0.4, -0.2) is 46.2 Å². The van der Waals surface area contributed by atoms with Crippen molar-refractivity contribution in [3.8, 4) is 5.75 Å². The molecule has 2 rings (SSSR count). The van der Waals surface area contributed by atoms with Crippen molar-refractivity contribution < 1.29 is 19.8 Å². The van der Waals surface area contributed by atoms with Crippen molar-refractivity contribution in [1.29, 1.82) is 0 Å². The zero-order valence-corrected chi connectivity index (χ0v) is 13.2. The smallest absolute Gasteiger partial charge is 0.326 e. The van der Waals surface area contributed by atoms with Gasteiger partial charge in [0.2, 0.25) is 0 Å². The molecular weight excluding hydrogens is 296 g/mol. The van der Waals surface area contributed by atoms with E-state index in [0.717, 1.165) is 31.2 Å². The molecule has 0 aliphatic carbocycles. The van der Waals surface area contributed by atoms with E-state index < -0.39 is 12.0 Å². The van der Waals surface area contributed by atoms with Crippen molar-refractivity contribution >= 4 is 12.0 Å². The van der Waals surface area contributed by atoms with Crippen LogP contribution in [0.1, 0.15) is 37.7 Å². The van der Waals surface area contributed by atoms with Crippen LogP contribution in [-0.2, 0) is 11.2 Å². The summed E-state index contributed by atoms with van der Waals surface area (Å²) in [6, 6.07) is 5.06. The van der Waals surface area contributed by atoms with E-state index in [0.29, 0.717) is 13.1 Å². The van der Waals surface area contributed by atoms with Gasteiger partial charge in [0.05, 0.1) is 0 Å². The Morgan fingerprint density at radius 2 is 1.61 bits per heavy atom. The molecule has 1 aromatic carbocycles. The number of aliphatic carboxylic acids is 1. The topological polar surface area (TPSA) is 89.9 Å². The van der Waals surface area contributed by atoms with E-state index in [1.54, 1.807) is 17.0 Å². The number of rotatable bonds is 4. The molecule has 0 bridgehead atoms. The second-order valence-electron chi connectivity index (χ2n) is 5.97. The number of amides is 2. The number of phenols is 1. The highest BCUT2D eigenvalue weighted by Gasteiger charge is 2.23. The van der Waals surface area contributed by atoms with Crippen molar-refractivity contribution in [3.63, 3.8) is 0 Å². The van der Waals surface area contributed by atoms with Gasteiger partial charge in [0.15, 0.2) is 0 Å². The van der Waals surface area contributed by atoms with Crippen LogP contribution >= 0.6 is 0 Å². The first kappa shape index (κ1) is 17.1. The quantitative estimate of drug-likeness (QED) is 0.794. The van der Waals surface area contributed by atoms with Gasteiger partial charge in [0.1, 0.15) is 11.8 Å². The summed E-state index contributed by atoms with van der Waals surface area (Å²) in [5.41, 5.74) is 0.753. The molecule has 23 heavy (non-hydrogen) atoms. The van der Waals surface area contributed by atoms with E-state index >= 15 is 0 Å². The average Bonchev–Trinajstić information content (AvgIpc) is 2.48. The molecular formula is C17H24N2O4. The van der Waals surface area contributed by atoms with Crippen molar-refractivity contribution in [1.82, 2.24) is 10.2 Å². The Bertz CT molecular complexity index is 522. The number of urea groups is 1. The molecule has 6 nitrogen and oxygen atoms in total. The number of aromatic hydroxyl groups is 1. The first-order valence-electron chi connectivity index (χ1n) is 8.12. The zero-order chi connectivity index (χ0) is 16.7. The van der Waals surface area contributed by atoms with Gasteiger partial charge < -0.3 is 20.4 Å². The Morgan fingerprint density at radius 1 is 1.04 bits per heavy atom. The van der Waals surface area contributed by atoms with Gasteiger partial charge in [-0.05, 0) is 30.5 Å². The molecule has 1 saturated heterocycles. The molecule has 6 heteroatoms. The van der Waals surface area contributed by atoms with Crippen LogP contribution in [0.2, 0.25) is 0 Å². The first-order valence-corrected chi connectivity index (χ1v) is 8.12.